The molecule has 3 rings (SSSR count). The third kappa shape index (κ3) is 3.75. The Morgan fingerprint density at radius 2 is 2.29 bits per heavy atom. The normalized spacial score (nSPS) is 13.9. The van der Waals surface area contributed by atoms with Gasteiger partial charge >= 0.3 is 0 Å². The summed E-state index contributed by atoms with van der Waals surface area (Å²) in [6, 6.07) is 1.62. The van der Waals surface area contributed by atoms with E-state index in [-0.39, 0.29) is 18.1 Å². The highest BCUT2D eigenvalue weighted by atomic mass is 16.5. The number of amides is 1. The van der Waals surface area contributed by atoms with Crippen LogP contribution in [0.4, 0.5) is 0 Å². The molecule has 0 saturated heterocycles. The van der Waals surface area contributed by atoms with E-state index >= 15 is 0 Å². The van der Waals surface area contributed by atoms with E-state index in [1.807, 2.05) is 12.2 Å². The Morgan fingerprint density at radius 3 is 3.12 bits per heavy atom. The molecule has 7 heteroatoms. The summed E-state index contributed by atoms with van der Waals surface area (Å²) in [7, 11) is 0. The van der Waals surface area contributed by atoms with Gasteiger partial charge in [0.2, 0.25) is 5.91 Å². The molecule has 122 valence electrons. The molecular formula is C17H16N4O3. The molecule has 1 amide bonds. The van der Waals surface area contributed by atoms with Gasteiger partial charge in [-0.3, -0.25) is 14.6 Å². The Morgan fingerprint density at radius 1 is 1.42 bits per heavy atom. The number of rotatable bonds is 4. The van der Waals surface area contributed by atoms with Gasteiger partial charge in [0.1, 0.15) is 18.2 Å². The van der Waals surface area contributed by atoms with Gasteiger partial charge in [0.05, 0.1) is 17.1 Å². The molecule has 0 spiro atoms. The van der Waals surface area contributed by atoms with Gasteiger partial charge in [-0.1, -0.05) is 6.08 Å². The summed E-state index contributed by atoms with van der Waals surface area (Å²) >= 11 is 0. The second-order valence-electron chi connectivity index (χ2n) is 5.24. The van der Waals surface area contributed by atoms with E-state index in [2.05, 4.69) is 20.3 Å². The SMILES string of the molecule is CC(=O)NC1=CC=C(OCc2nc3cnccc3c(=O)[nH]2)C=CC1. The van der Waals surface area contributed by atoms with Crippen LogP contribution >= 0.6 is 0 Å². The number of nitrogens with zero attached hydrogens (tertiary/aromatic N) is 2. The molecule has 2 aromatic rings. The van der Waals surface area contributed by atoms with Crippen molar-refractivity contribution < 1.29 is 9.53 Å². The number of aromatic nitrogens is 3. The van der Waals surface area contributed by atoms with Crippen LogP contribution in [-0.2, 0) is 16.1 Å². The Balaban J connectivity index is 1.74. The number of aromatic amines is 1. The summed E-state index contributed by atoms with van der Waals surface area (Å²) in [6.07, 6.45) is 11.0. The van der Waals surface area contributed by atoms with Crippen LogP contribution in [0.3, 0.4) is 0 Å². The maximum absolute atomic E-state index is 12.0. The molecule has 0 bridgehead atoms. The van der Waals surface area contributed by atoms with Gasteiger partial charge in [-0.25, -0.2) is 4.98 Å². The summed E-state index contributed by atoms with van der Waals surface area (Å²) in [5.41, 5.74) is 1.10. The third-order valence-electron chi connectivity index (χ3n) is 3.34. The number of carbonyl (C=O) groups is 1. The molecule has 0 radical (unpaired) electrons. The number of hydrogen-bond donors (Lipinski definition) is 2. The first-order valence-corrected chi connectivity index (χ1v) is 7.42. The molecule has 7 nitrogen and oxygen atoms in total. The van der Waals surface area contributed by atoms with Crippen LogP contribution in [0.15, 0.2) is 59.0 Å². The highest BCUT2D eigenvalue weighted by Crippen LogP contribution is 2.12. The lowest BCUT2D eigenvalue weighted by Gasteiger charge is -2.06. The Bertz CT molecular complexity index is 925. The van der Waals surface area contributed by atoms with Crippen molar-refractivity contribution in [2.24, 2.45) is 0 Å². The number of allylic oxidation sites excluding steroid dienone is 4. The first kappa shape index (κ1) is 15.7. The fourth-order valence-corrected chi connectivity index (χ4v) is 2.28. The Hall–Kier alpha value is -3.22. The minimum Gasteiger partial charge on any atom is -0.486 e. The standard InChI is InChI=1S/C17H16N4O3/c1-11(22)19-12-3-2-4-13(6-5-12)24-10-16-20-15-9-18-8-7-14(15)17(23)21-16/h2,4-9H,3,10H2,1H3,(H,19,22)(H,20,21,23). The van der Waals surface area contributed by atoms with Crippen LogP contribution < -0.4 is 10.9 Å². The van der Waals surface area contributed by atoms with Crippen LogP contribution in [-0.4, -0.2) is 20.9 Å². The van der Waals surface area contributed by atoms with Crippen molar-refractivity contribution >= 4 is 16.8 Å². The summed E-state index contributed by atoms with van der Waals surface area (Å²) in [5, 5.41) is 3.24. The number of carbonyl (C=O) groups excluding carboxylic acids is 1. The molecule has 2 heterocycles. The van der Waals surface area contributed by atoms with Crippen LogP contribution in [0.2, 0.25) is 0 Å². The average molecular weight is 324 g/mol. The third-order valence-corrected chi connectivity index (χ3v) is 3.34. The first-order chi connectivity index (χ1) is 11.6. The van der Waals surface area contributed by atoms with Crippen LogP contribution in [0.25, 0.3) is 10.9 Å². The second-order valence-corrected chi connectivity index (χ2v) is 5.24. The maximum atomic E-state index is 12.0. The van der Waals surface area contributed by atoms with Gasteiger partial charge in [0, 0.05) is 25.2 Å². The molecule has 2 aromatic heterocycles. The average Bonchev–Trinajstić information content (AvgIpc) is 2.78. The lowest BCUT2D eigenvalue weighted by Crippen LogP contribution is -2.18. The van der Waals surface area contributed by atoms with Gasteiger partial charge < -0.3 is 15.0 Å². The van der Waals surface area contributed by atoms with Gasteiger partial charge in [-0.05, 0) is 24.3 Å². The highest BCUT2D eigenvalue weighted by Gasteiger charge is 2.06. The zero-order valence-electron chi connectivity index (χ0n) is 13.1. The van der Waals surface area contributed by atoms with E-state index < -0.39 is 0 Å². The molecule has 0 atom stereocenters. The largest absolute Gasteiger partial charge is 0.486 e. The van der Waals surface area contributed by atoms with Crippen LogP contribution in [0, 0.1) is 0 Å². The molecule has 1 aliphatic rings. The van der Waals surface area contributed by atoms with Crippen molar-refractivity contribution in [3.05, 3.63) is 70.4 Å². The smallest absolute Gasteiger partial charge is 0.258 e. The minimum absolute atomic E-state index is 0.112. The Labute approximate surface area is 137 Å². The van der Waals surface area contributed by atoms with Crippen molar-refractivity contribution in [3.8, 4) is 0 Å². The van der Waals surface area contributed by atoms with E-state index in [1.165, 1.54) is 6.92 Å². The first-order valence-electron chi connectivity index (χ1n) is 7.42. The Kier molecular flexibility index (Phi) is 4.51. The van der Waals surface area contributed by atoms with Gasteiger partial charge in [0.25, 0.3) is 5.56 Å². The summed E-state index contributed by atoms with van der Waals surface area (Å²) in [4.78, 5) is 34.1. The maximum Gasteiger partial charge on any atom is 0.258 e. The van der Waals surface area contributed by atoms with E-state index in [1.54, 1.807) is 30.6 Å². The fraction of sp³-hybridized carbons (Fsp3) is 0.176. The van der Waals surface area contributed by atoms with Crippen molar-refractivity contribution in [2.45, 2.75) is 20.0 Å². The number of hydrogen-bond acceptors (Lipinski definition) is 5. The van der Waals surface area contributed by atoms with Crippen LogP contribution in [0.5, 0.6) is 0 Å². The zero-order chi connectivity index (χ0) is 16.9. The van der Waals surface area contributed by atoms with Crippen molar-refractivity contribution in [3.63, 3.8) is 0 Å². The molecule has 1 aliphatic carbocycles. The van der Waals surface area contributed by atoms with E-state index in [0.29, 0.717) is 28.9 Å². The topological polar surface area (TPSA) is 97.0 Å². The van der Waals surface area contributed by atoms with E-state index in [4.69, 9.17) is 4.74 Å². The molecule has 0 aromatic carbocycles. The van der Waals surface area contributed by atoms with Crippen molar-refractivity contribution in [1.29, 1.82) is 0 Å². The van der Waals surface area contributed by atoms with E-state index in [0.717, 1.165) is 5.70 Å². The summed E-state index contributed by atoms with van der Waals surface area (Å²) in [5.74, 6) is 0.924. The van der Waals surface area contributed by atoms with E-state index in [9.17, 15) is 9.59 Å². The number of ether oxygens (including phenoxy) is 1. The van der Waals surface area contributed by atoms with Gasteiger partial charge in [0.15, 0.2) is 0 Å². The monoisotopic (exact) mass is 324 g/mol. The quantitative estimate of drug-likeness (QED) is 0.892. The minimum atomic E-state index is -0.223. The second kappa shape index (κ2) is 6.91. The highest BCUT2D eigenvalue weighted by molar-refractivity contribution is 5.76. The molecule has 0 unspecified atom stereocenters. The van der Waals surface area contributed by atoms with Gasteiger partial charge in [-0.15, -0.1) is 0 Å². The number of fused-ring (bicyclic) bond motifs is 1. The van der Waals surface area contributed by atoms with Crippen molar-refractivity contribution in [2.75, 3.05) is 0 Å². The fourth-order valence-electron chi connectivity index (χ4n) is 2.28. The molecule has 0 aliphatic heterocycles. The predicted molar refractivity (Wildman–Crippen MR) is 88.7 cm³/mol. The molecule has 24 heavy (non-hydrogen) atoms. The lowest BCUT2D eigenvalue weighted by molar-refractivity contribution is -0.118. The lowest BCUT2D eigenvalue weighted by atomic mass is 10.3. The van der Waals surface area contributed by atoms with Gasteiger partial charge in [-0.2, -0.15) is 0 Å². The molecule has 0 saturated carbocycles. The molecule has 0 fully saturated rings. The summed E-state index contributed by atoms with van der Waals surface area (Å²) in [6.45, 7) is 1.59. The van der Waals surface area contributed by atoms with Crippen LogP contribution in [0.1, 0.15) is 19.2 Å². The number of H-pyrrole nitrogens is 1. The number of pyridine rings is 1. The molecule has 2 N–H and O–H groups in total. The summed E-state index contributed by atoms with van der Waals surface area (Å²) < 4.78 is 5.67. The number of nitrogens with one attached hydrogen (secondary N) is 2. The van der Waals surface area contributed by atoms with Crippen molar-refractivity contribution in [1.82, 2.24) is 20.3 Å². The zero-order valence-corrected chi connectivity index (χ0v) is 13.1. The molecular weight excluding hydrogens is 308 g/mol. The predicted octanol–water partition coefficient (Wildman–Crippen LogP) is 1.70.